The summed E-state index contributed by atoms with van der Waals surface area (Å²) in [4.78, 5) is 29.1. The molecule has 5 rings (SSSR count). The van der Waals surface area contributed by atoms with E-state index in [0.717, 1.165) is 60.9 Å². The number of ether oxygens (including phenoxy) is 2. The lowest BCUT2D eigenvalue weighted by molar-refractivity contribution is -0.122. The van der Waals surface area contributed by atoms with E-state index in [1.165, 1.54) is 22.9 Å². The van der Waals surface area contributed by atoms with Gasteiger partial charge in [0.1, 0.15) is 16.7 Å². The lowest BCUT2D eigenvalue weighted by atomic mass is 9.98. The molecule has 7 nitrogen and oxygen atoms in total. The number of benzene rings is 3. The second-order valence-corrected chi connectivity index (χ2v) is 12.1. The minimum Gasteiger partial charge on any atom is -0.492 e. The van der Waals surface area contributed by atoms with Crippen LogP contribution in [-0.4, -0.2) is 77.1 Å². The average molecular weight is 603 g/mol. The SMILES string of the molecule is Cc1ccc(-c2ccc(OCCN3CCOCC3)c(/C=C3\SC(=S)N(CCc4ccc(C(=O)O)cc4)C3=O)c2)cc1C. The first-order valence-corrected chi connectivity index (χ1v) is 15.2. The molecule has 2 aliphatic heterocycles. The summed E-state index contributed by atoms with van der Waals surface area (Å²) in [5.41, 5.74) is 6.62. The molecule has 1 N–H and O–H groups in total. The molecule has 1 amide bonds. The van der Waals surface area contributed by atoms with Gasteiger partial charge in [0.15, 0.2) is 0 Å². The Hall–Kier alpha value is -3.50. The second-order valence-electron chi connectivity index (χ2n) is 10.4. The predicted octanol–water partition coefficient (Wildman–Crippen LogP) is 5.82. The molecule has 0 unspecified atom stereocenters. The first kappa shape index (κ1) is 30.0. The molecular formula is C33H34N2O5S2. The fourth-order valence-electron chi connectivity index (χ4n) is 4.89. The van der Waals surface area contributed by atoms with Gasteiger partial charge in [-0.1, -0.05) is 60.4 Å². The van der Waals surface area contributed by atoms with Crippen molar-refractivity contribution in [1.29, 1.82) is 0 Å². The van der Waals surface area contributed by atoms with E-state index in [1.54, 1.807) is 29.2 Å². The molecule has 0 bridgehead atoms. The normalized spacial score (nSPS) is 16.8. The molecule has 218 valence electrons. The summed E-state index contributed by atoms with van der Waals surface area (Å²) in [5.74, 6) is -0.378. The van der Waals surface area contributed by atoms with Crippen molar-refractivity contribution < 1.29 is 24.2 Å². The van der Waals surface area contributed by atoms with Crippen LogP contribution in [0.1, 0.15) is 32.6 Å². The number of carboxylic acids is 1. The Labute approximate surface area is 256 Å². The number of aryl methyl sites for hydroxylation is 2. The molecule has 2 fully saturated rings. The molecular weight excluding hydrogens is 569 g/mol. The highest BCUT2D eigenvalue weighted by Gasteiger charge is 2.32. The van der Waals surface area contributed by atoms with Crippen LogP contribution in [0.2, 0.25) is 0 Å². The number of hydrogen-bond donors (Lipinski definition) is 1. The van der Waals surface area contributed by atoms with Crippen LogP contribution in [0.3, 0.4) is 0 Å². The van der Waals surface area contributed by atoms with Gasteiger partial charge in [0.2, 0.25) is 0 Å². The Morgan fingerprint density at radius 2 is 1.71 bits per heavy atom. The van der Waals surface area contributed by atoms with E-state index in [0.29, 0.717) is 28.8 Å². The molecule has 9 heteroatoms. The van der Waals surface area contributed by atoms with Gasteiger partial charge in [-0.2, -0.15) is 0 Å². The summed E-state index contributed by atoms with van der Waals surface area (Å²) in [6.45, 7) is 9.24. The average Bonchev–Trinajstić information content (AvgIpc) is 3.26. The quantitative estimate of drug-likeness (QED) is 0.230. The van der Waals surface area contributed by atoms with Crippen LogP contribution in [0.4, 0.5) is 0 Å². The van der Waals surface area contributed by atoms with Crippen LogP contribution in [0.5, 0.6) is 5.75 Å². The Kier molecular flexibility index (Phi) is 9.74. The minimum atomic E-state index is -0.963. The third-order valence-corrected chi connectivity index (χ3v) is 8.98. The van der Waals surface area contributed by atoms with Gasteiger partial charge in [-0.05, 0) is 78.4 Å². The predicted molar refractivity (Wildman–Crippen MR) is 171 cm³/mol. The van der Waals surface area contributed by atoms with E-state index in [4.69, 9.17) is 26.8 Å². The number of aromatic carboxylic acids is 1. The molecule has 2 saturated heterocycles. The second kappa shape index (κ2) is 13.6. The van der Waals surface area contributed by atoms with E-state index < -0.39 is 5.97 Å². The molecule has 2 heterocycles. The molecule has 2 aliphatic rings. The molecule has 3 aromatic carbocycles. The van der Waals surface area contributed by atoms with Gasteiger partial charge in [0, 0.05) is 31.7 Å². The Bertz CT molecular complexity index is 1510. The number of carbonyl (C=O) groups excluding carboxylic acids is 1. The number of carbonyl (C=O) groups is 2. The van der Waals surface area contributed by atoms with Crippen LogP contribution in [0.15, 0.2) is 65.6 Å². The zero-order valence-corrected chi connectivity index (χ0v) is 25.4. The first-order valence-electron chi connectivity index (χ1n) is 14.0. The van der Waals surface area contributed by atoms with E-state index >= 15 is 0 Å². The van der Waals surface area contributed by atoms with Gasteiger partial charge < -0.3 is 14.6 Å². The maximum absolute atomic E-state index is 13.5. The summed E-state index contributed by atoms with van der Waals surface area (Å²) in [6, 6.07) is 19.2. The molecule has 0 aliphatic carbocycles. The molecule has 0 saturated carbocycles. The highest BCUT2D eigenvalue weighted by molar-refractivity contribution is 8.26. The van der Waals surface area contributed by atoms with Crippen molar-refractivity contribution in [1.82, 2.24) is 9.80 Å². The third kappa shape index (κ3) is 7.28. The smallest absolute Gasteiger partial charge is 0.335 e. The molecule has 0 radical (unpaired) electrons. The Balaban J connectivity index is 1.35. The van der Waals surface area contributed by atoms with Gasteiger partial charge in [0.25, 0.3) is 5.91 Å². The van der Waals surface area contributed by atoms with Gasteiger partial charge in [0.05, 0.1) is 23.7 Å². The van der Waals surface area contributed by atoms with Crippen molar-refractivity contribution in [2.75, 3.05) is 46.0 Å². The van der Waals surface area contributed by atoms with Crippen LogP contribution < -0.4 is 4.74 Å². The Morgan fingerprint density at radius 3 is 2.43 bits per heavy atom. The van der Waals surface area contributed by atoms with Crippen LogP contribution >= 0.6 is 24.0 Å². The maximum atomic E-state index is 13.5. The number of thioether (sulfide) groups is 1. The fraction of sp³-hybridized carbons (Fsp3) is 0.303. The number of morpholine rings is 1. The van der Waals surface area contributed by atoms with E-state index in [2.05, 4.69) is 49.1 Å². The zero-order chi connectivity index (χ0) is 29.6. The molecule has 3 aromatic rings. The number of hydrogen-bond acceptors (Lipinski definition) is 7. The van der Waals surface area contributed by atoms with Gasteiger partial charge in [-0.15, -0.1) is 0 Å². The van der Waals surface area contributed by atoms with Crippen LogP contribution in [0.25, 0.3) is 17.2 Å². The topological polar surface area (TPSA) is 79.3 Å². The molecule has 0 spiro atoms. The molecule has 0 atom stereocenters. The first-order chi connectivity index (χ1) is 20.3. The lowest BCUT2D eigenvalue weighted by Gasteiger charge is -2.26. The number of nitrogens with zero attached hydrogens (tertiary/aromatic N) is 2. The van der Waals surface area contributed by atoms with Gasteiger partial charge in [-0.3, -0.25) is 14.6 Å². The standard InChI is InChI=1S/C33H34N2O5S2/c1-22-3-6-26(19-23(22)2)27-9-10-29(40-18-15-34-13-16-39-17-14-34)28(20-27)21-30-31(36)35(33(41)42-30)12-11-24-4-7-25(8-5-24)32(37)38/h3-10,19-21H,11-18H2,1-2H3,(H,37,38)/b30-21-. The van der Waals surface area contributed by atoms with Crippen molar-refractivity contribution >= 4 is 46.3 Å². The van der Waals surface area contributed by atoms with Gasteiger partial charge >= 0.3 is 5.97 Å². The summed E-state index contributed by atoms with van der Waals surface area (Å²) < 4.78 is 12.2. The van der Waals surface area contributed by atoms with Crippen molar-refractivity contribution in [3.63, 3.8) is 0 Å². The Morgan fingerprint density at radius 1 is 1.00 bits per heavy atom. The highest BCUT2D eigenvalue weighted by Crippen LogP contribution is 2.36. The maximum Gasteiger partial charge on any atom is 0.335 e. The van der Waals surface area contributed by atoms with E-state index in [-0.39, 0.29) is 11.5 Å². The lowest BCUT2D eigenvalue weighted by Crippen LogP contribution is -2.38. The van der Waals surface area contributed by atoms with Crippen LogP contribution in [0, 0.1) is 13.8 Å². The van der Waals surface area contributed by atoms with Crippen molar-refractivity contribution in [3.8, 4) is 16.9 Å². The number of thiocarbonyl (C=S) groups is 1. The summed E-state index contributed by atoms with van der Waals surface area (Å²) in [5, 5.41) is 9.14. The van der Waals surface area contributed by atoms with Crippen LogP contribution in [-0.2, 0) is 16.0 Å². The summed E-state index contributed by atoms with van der Waals surface area (Å²) in [7, 11) is 0. The fourth-order valence-corrected chi connectivity index (χ4v) is 6.19. The van der Waals surface area contributed by atoms with E-state index in [9.17, 15) is 9.59 Å². The van der Waals surface area contributed by atoms with E-state index in [1.807, 2.05) is 12.1 Å². The summed E-state index contributed by atoms with van der Waals surface area (Å²) in [6.07, 6.45) is 2.45. The third-order valence-electron chi connectivity index (χ3n) is 7.60. The highest BCUT2D eigenvalue weighted by atomic mass is 32.2. The van der Waals surface area contributed by atoms with Gasteiger partial charge in [-0.25, -0.2) is 4.79 Å². The van der Waals surface area contributed by atoms with Crippen molar-refractivity contribution in [2.45, 2.75) is 20.3 Å². The molecule has 0 aromatic heterocycles. The largest absolute Gasteiger partial charge is 0.492 e. The minimum absolute atomic E-state index is 0.136. The zero-order valence-electron chi connectivity index (χ0n) is 23.8. The number of amides is 1. The number of rotatable bonds is 10. The van der Waals surface area contributed by atoms with Crippen molar-refractivity contribution in [2.24, 2.45) is 0 Å². The number of carboxylic acid groups (broad SMARTS) is 1. The summed E-state index contributed by atoms with van der Waals surface area (Å²) >= 11 is 6.88. The van der Waals surface area contributed by atoms with Crippen molar-refractivity contribution in [3.05, 3.63) is 93.4 Å². The molecule has 42 heavy (non-hydrogen) atoms. The monoisotopic (exact) mass is 602 g/mol.